The second kappa shape index (κ2) is 11.5. The molecule has 0 bridgehead atoms. The number of fused-ring (bicyclic) bond motifs is 1. The molecular formula is C27H31FN2O4S2. The van der Waals surface area contributed by atoms with Crippen LogP contribution in [0.15, 0.2) is 41.1 Å². The first-order chi connectivity index (χ1) is 17.2. The highest BCUT2D eigenvalue weighted by Gasteiger charge is 2.27. The summed E-state index contributed by atoms with van der Waals surface area (Å²) in [5, 5.41) is 17.4. The number of halogens is 1. The number of hydrogen-bond donors (Lipinski definition) is 2. The van der Waals surface area contributed by atoms with Gasteiger partial charge in [0.2, 0.25) is 0 Å². The third kappa shape index (κ3) is 6.31. The molecule has 36 heavy (non-hydrogen) atoms. The van der Waals surface area contributed by atoms with Crippen molar-refractivity contribution >= 4 is 44.6 Å². The second-order valence-electron chi connectivity index (χ2n) is 9.65. The van der Waals surface area contributed by atoms with Crippen molar-refractivity contribution in [1.29, 1.82) is 0 Å². The molecule has 1 fully saturated rings. The summed E-state index contributed by atoms with van der Waals surface area (Å²) in [4.78, 5) is 29.5. The van der Waals surface area contributed by atoms with Crippen LogP contribution in [0.25, 0.3) is 10.1 Å². The Morgan fingerprint density at radius 3 is 2.81 bits per heavy atom. The van der Waals surface area contributed by atoms with E-state index < -0.39 is 24.1 Å². The lowest BCUT2D eigenvalue weighted by Crippen LogP contribution is -2.41. The number of nitrogens with one attached hydrogen (secondary N) is 1. The summed E-state index contributed by atoms with van der Waals surface area (Å²) in [6.45, 7) is 7.83. The fraction of sp³-hybridized carbons (Fsp3) is 0.444. The number of rotatable bonds is 10. The highest BCUT2D eigenvalue weighted by molar-refractivity contribution is 7.17. The van der Waals surface area contributed by atoms with Crippen LogP contribution in [0, 0.1) is 11.8 Å². The second-order valence-corrected chi connectivity index (χ2v) is 11.5. The maximum Gasteiger partial charge on any atom is 0.326 e. The van der Waals surface area contributed by atoms with Gasteiger partial charge in [0.05, 0.1) is 11.3 Å². The quantitative estimate of drug-likeness (QED) is 0.278. The molecule has 4 unspecified atom stereocenters. The number of carbonyl (C=O) groups is 2. The van der Waals surface area contributed by atoms with Crippen molar-refractivity contribution in [2.24, 2.45) is 11.8 Å². The molecule has 4 atom stereocenters. The molecule has 0 spiro atoms. The van der Waals surface area contributed by atoms with Crippen LogP contribution in [0.3, 0.4) is 0 Å². The van der Waals surface area contributed by atoms with Crippen molar-refractivity contribution in [3.05, 3.63) is 57.4 Å². The van der Waals surface area contributed by atoms with Gasteiger partial charge in [-0.2, -0.15) is 0 Å². The minimum absolute atomic E-state index is 0.0821. The summed E-state index contributed by atoms with van der Waals surface area (Å²) in [5.41, 5.74) is 1.84. The molecule has 1 aliphatic carbocycles. The van der Waals surface area contributed by atoms with Gasteiger partial charge in [0, 0.05) is 15.5 Å². The van der Waals surface area contributed by atoms with Crippen molar-refractivity contribution in [2.45, 2.75) is 64.8 Å². The molecule has 3 aromatic rings. The average molecular weight is 531 g/mol. The maximum absolute atomic E-state index is 13.6. The molecule has 1 saturated carbocycles. The normalized spacial score (nSPS) is 19.7. The molecule has 2 aromatic heterocycles. The predicted octanol–water partition coefficient (Wildman–Crippen LogP) is 6.92. The highest BCUT2D eigenvalue weighted by atomic mass is 32.1. The number of hydrogen-bond acceptors (Lipinski definition) is 6. The zero-order valence-corrected chi connectivity index (χ0v) is 22.1. The number of aliphatic carboxylic acids is 1. The van der Waals surface area contributed by atoms with Gasteiger partial charge in [-0.15, -0.1) is 22.7 Å². The van der Waals surface area contributed by atoms with Gasteiger partial charge in [-0.25, -0.2) is 14.2 Å². The molecular weight excluding hydrogens is 499 g/mol. The predicted molar refractivity (Wildman–Crippen MR) is 142 cm³/mol. The van der Waals surface area contributed by atoms with Gasteiger partial charge >= 0.3 is 5.97 Å². The van der Waals surface area contributed by atoms with Gasteiger partial charge in [0.25, 0.3) is 5.91 Å². The van der Waals surface area contributed by atoms with Gasteiger partial charge in [0.15, 0.2) is 0 Å². The number of thiazole rings is 1. The Balaban J connectivity index is 1.49. The zero-order valence-electron chi connectivity index (χ0n) is 20.5. The molecule has 6 nitrogen and oxygen atoms in total. The number of carbonyl (C=O) groups excluding carboxylic acids is 1. The van der Waals surface area contributed by atoms with E-state index in [9.17, 15) is 19.1 Å². The lowest BCUT2D eigenvalue weighted by molar-refractivity contribution is -0.139. The Morgan fingerprint density at radius 1 is 1.31 bits per heavy atom. The number of carboxylic acids is 1. The van der Waals surface area contributed by atoms with E-state index >= 15 is 0 Å². The number of carboxylic acid groups (broad SMARTS) is 1. The Kier molecular flexibility index (Phi) is 8.41. The number of aromatic nitrogens is 1. The first-order valence-electron chi connectivity index (χ1n) is 12.1. The SMILES string of the molecule is C=C1CC(C)CC(CCC(NC(=O)c2ccc3sccc3c2OCc2nc(C(C)F)cs2)C(=O)O)C1. The minimum Gasteiger partial charge on any atom is -0.485 e. The molecule has 0 saturated heterocycles. The fourth-order valence-electron chi connectivity index (χ4n) is 4.90. The number of thiophene rings is 1. The number of allylic oxidation sites excluding steroid dienone is 1. The first kappa shape index (κ1) is 26.3. The summed E-state index contributed by atoms with van der Waals surface area (Å²) >= 11 is 2.81. The Bertz CT molecular complexity index is 1250. The third-order valence-electron chi connectivity index (χ3n) is 6.56. The molecule has 1 aromatic carbocycles. The van der Waals surface area contributed by atoms with E-state index in [2.05, 4.69) is 23.8 Å². The fourth-order valence-corrected chi connectivity index (χ4v) is 6.46. The summed E-state index contributed by atoms with van der Waals surface area (Å²) in [7, 11) is 0. The van der Waals surface area contributed by atoms with Crippen LogP contribution in [-0.2, 0) is 11.4 Å². The number of amides is 1. The lowest BCUT2D eigenvalue weighted by atomic mass is 9.77. The number of nitrogens with zero attached hydrogens (tertiary/aromatic N) is 1. The minimum atomic E-state index is -1.17. The van der Waals surface area contributed by atoms with E-state index in [1.54, 1.807) is 11.4 Å². The van der Waals surface area contributed by atoms with Crippen LogP contribution >= 0.6 is 22.7 Å². The van der Waals surface area contributed by atoms with Crippen LogP contribution in [0.1, 0.15) is 73.2 Å². The van der Waals surface area contributed by atoms with Crippen molar-refractivity contribution in [3.63, 3.8) is 0 Å². The van der Waals surface area contributed by atoms with E-state index in [1.165, 1.54) is 35.2 Å². The molecule has 2 heterocycles. The number of alkyl halides is 1. The molecule has 0 radical (unpaired) electrons. The molecule has 9 heteroatoms. The van der Waals surface area contributed by atoms with Crippen LogP contribution in [0.2, 0.25) is 0 Å². The molecule has 1 aliphatic rings. The topological polar surface area (TPSA) is 88.5 Å². The van der Waals surface area contributed by atoms with Crippen LogP contribution in [0.5, 0.6) is 5.75 Å². The van der Waals surface area contributed by atoms with Gasteiger partial charge in [-0.3, -0.25) is 4.79 Å². The summed E-state index contributed by atoms with van der Waals surface area (Å²) < 4.78 is 20.5. The summed E-state index contributed by atoms with van der Waals surface area (Å²) in [6.07, 6.45) is 2.89. The Morgan fingerprint density at radius 2 is 2.11 bits per heavy atom. The Labute approximate surface area is 218 Å². The Hall–Kier alpha value is -2.78. The monoisotopic (exact) mass is 530 g/mol. The summed E-state index contributed by atoms with van der Waals surface area (Å²) in [5.74, 6) is -0.243. The van der Waals surface area contributed by atoms with Crippen LogP contribution in [-0.4, -0.2) is 28.0 Å². The van der Waals surface area contributed by atoms with E-state index in [-0.39, 0.29) is 12.2 Å². The van der Waals surface area contributed by atoms with Crippen LogP contribution in [0.4, 0.5) is 4.39 Å². The van der Waals surface area contributed by atoms with E-state index in [1.807, 2.05) is 17.5 Å². The molecule has 192 valence electrons. The molecule has 4 rings (SSSR count). The average Bonchev–Trinajstić information content (AvgIpc) is 3.49. The van der Waals surface area contributed by atoms with Gasteiger partial charge in [-0.1, -0.05) is 19.1 Å². The molecule has 2 N–H and O–H groups in total. The highest BCUT2D eigenvalue weighted by Crippen LogP contribution is 2.36. The first-order valence-corrected chi connectivity index (χ1v) is 13.9. The standard InChI is InChI=1S/C27H31FN2O4S2/c1-15-10-16(2)12-18(11-15)4-6-21(27(32)33)30-26(31)20-5-7-23-19(8-9-35-23)25(20)34-13-24-29-22(14-36-24)17(3)28/h5,7-9,14,16-18,21H,1,4,6,10-13H2,2-3H3,(H,30,31)(H,32,33). The maximum atomic E-state index is 13.6. The lowest BCUT2D eigenvalue weighted by Gasteiger charge is -2.29. The van der Waals surface area contributed by atoms with Gasteiger partial charge in [0.1, 0.15) is 29.6 Å². The summed E-state index contributed by atoms with van der Waals surface area (Å²) in [6, 6.07) is 4.36. The zero-order chi connectivity index (χ0) is 25.8. The van der Waals surface area contributed by atoms with Crippen molar-refractivity contribution in [1.82, 2.24) is 10.3 Å². The van der Waals surface area contributed by atoms with Gasteiger partial charge < -0.3 is 15.2 Å². The van der Waals surface area contributed by atoms with E-state index in [0.717, 1.165) is 29.3 Å². The van der Waals surface area contributed by atoms with E-state index in [4.69, 9.17) is 4.74 Å². The van der Waals surface area contributed by atoms with Crippen molar-refractivity contribution in [3.8, 4) is 5.75 Å². The van der Waals surface area contributed by atoms with Crippen molar-refractivity contribution in [2.75, 3.05) is 0 Å². The molecule has 0 aliphatic heterocycles. The number of benzene rings is 1. The number of ether oxygens (including phenoxy) is 1. The molecule has 1 amide bonds. The van der Waals surface area contributed by atoms with E-state index in [0.29, 0.717) is 41.1 Å². The van der Waals surface area contributed by atoms with Gasteiger partial charge in [-0.05, 0) is 74.4 Å². The van der Waals surface area contributed by atoms with Crippen LogP contribution < -0.4 is 10.1 Å². The largest absolute Gasteiger partial charge is 0.485 e. The third-order valence-corrected chi connectivity index (χ3v) is 8.29. The smallest absolute Gasteiger partial charge is 0.326 e. The van der Waals surface area contributed by atoms with Crippen molar-refractivity contribution < 1.29 is 23.8 Å².